The molecule has 1 saturated heterocycles. The number of likely N-dealkylation sites (tertiary alicyclic amines) is 1. The molecule has 1 aliphatic heterocycles. The number of halogens is 1. The van der Waals surface area contributed by atoms with E-state index in [-0.39, 0.29) is 0 Å². The van der Waals surface area contributed by atoms with Crippen LogP contribution in [0.2, 0.25) is 0 Å². The second kappa shape index (κ2) is 6.59. The van der Waals surface area contributed by atoms with Gasteiger partial charge in [-0.2, -0.15) is 0 Å². The van der Waals surface area contributed by atoms with Gasteiger partial charge < -0.3 is 15.2 Å². The van der Waals surface area contributed by atoms with Crippen LogP contribution in [-0.2, 0) is 6.54 Å². The lowest BCUT2D eigenvalue weighted by Crippen LogP contribution is -2.23. The molecule has 1 atom stereocenters. The van der Waals surface area contributed by atoms with Crippen LogP contribution < -0.4 is 15.2 Å². The average molecular weight is 329 g/mol. The lowest BCUT2D eigenvalue weighted by molar-refractivity contribution is 0.308. The zero-order valence-electron chi connectivity index (χ0n) is 11.5. The molecule has 5 heteroatoms. The van der Waals surface area contributed by atoms with E-state index in [9.17, 15) is 0 Å². The van der Waals surface area contributed by atoms with Crippen LogP contribution in [0.15, 0.2) is 16.6 Å². The van der Waals surface area contributed by atoms with Crippen molar-refractivity contribution in [2.45, 2.75) is 13.0 Å². The minimum absolute atomic E-state index is 0.628. The van der Waals surface area contributed by atoms with Crippen LogP contribution in [0.3, 0.4) is 0 Å². The van der Waals surface area contributed by atoms with E-state index in [4.69, 9.17) is 15.2 Å². The molecule has 0 spiro atoms. The van der Waals surface area contributed by atoms with Gasteiger partial charge in [0.15, 0.2) is 0 Å². The summed E-state index contributed by atoms with van der Waals surface area (Å²) in [5.74, 6) is 2.36. The highest BCUT2D eigenvalue weighted by Crippen LogP contribution is 2.34. The van der Waals surface area contributed by atoms with Crippen molar-refractivity contribution < 1.29 is 9.47 Å². The second-order valence-corrected chi connectivity index (χ2v) is 5.78. The van der Waals surface area contributed by atoms with E-state index in [0.29, 0.717) is 5.92 Å². The predicted octanol–water partition coefficient (Wildman–Crippen LogP) is 2.25. The number of benzene rings is 1. The first-order valence-corrected chi connectivity index (χ1v) is 7.30. The Morgan fingerprint density at radius 1 is 1.32 bits per heavy atom. The van der Waals surface area contributed by atoms with E-state index in [1.165, 1.54) is 6.42 Å². The van der Waals surface area contributed by atoms with Gasteiger partial charge >= 0.3 is 0 Å². The third kappa shape index (κ3) is 3.41. The highest BCUT2D eigenvalue weighted by Gasteiger charge is 2.22. The summed E-state index contributed by atoms with van der Waals surface area (Å²) in [5, 5.41) is 0. The van der Waals surface area contributed by atoms with Crippen molar-refractivity contribution in [1.29, 1.82) is 0 Å². The Hall–Kier alpha value is -0.780. The fourth-order valence-corrected chi connectivity index (χ4v) is 3.02. The molecule has 0 bridgehead atoms. The van der Waals surface area contributed by atoms with Gasteiger partial charge in [-0.25, -0.2) is 0 Å². The van der Waals surface area contributed by atoms with Gasteiger partial charge in [-0.3, -0.25) is 4.90 Å². The first kappa shape index (κ1) is 14.6. The van der Waals surface area contributed by atoms with Crippen LogP contribution in [-0.4, -0.2) is 38.8 Å². The molecule has 106 valence electrons. The monoisotopic (exact) mass is 328 g/mol. The largest absolute Gasteiger partial charge is 0.496 e. The van der Waals surface area contributed by atoms with Crippen LogP contribution in [0.4, 0.5) is 0 Å². The molecule has 0 amide bonds. The molecule has 4 nitrogen and oxygen atoms in total. The predicted molar refractivity (Wildman–Crippen MR) is 79.7 cm³/mol. The summed E-state index contributed by atoms with van der Waals surface area (Å²) >= 11 is 3.48. The number of methoxy groups -OCH3 is 2. The molecular weight excluding hydrogens is 308 g/mol. The fraction of sp³-hybridized carbons (Fsp3) is 0.571. The molecule has 19 heavy (non-hydrogen) atoms. The number of nitrogens with zero attached hydrogens (tertiary/aromatic N) is 1. The van der Waals surface area contributed by atoms with Gasteiger partial charge in [0.05, 0.1) is 18.7 Å². The molecule has 0 aromatic heterocycles. The third-order valence-corrected chi connectivity index (χ3v) is 4.27. The SMILES string of the molecule is COc1cc(CN2CCC(CN)C2)c(OC)cc1Br. The van der Waals surface area contributed by atoms with Gasteiger partial charge in [0, 0.05) is 18.7 Å². The molecular formula is C14H21BrN2O2. The lowest BCUT2D eigenvalue weighted by Gasteiger charge is -2.19. The van der Waals surface area contributed by atoms with E-state index in [1.54, 1.807) is 14.2 Å². The molecule has 0 aliphatic carbocycles. The number of ether oxygens (including phenoxy) is 2. The number of rotatable bonds is 5. The molecule has 1 aliphatic rings. The van der Waals surface area contributed by atoms with Crippen molar-refractivity contribution in [1.82, 2.24) is 4.90 Å². The quantitative estimate of drug-likeness (QED) is 0.900. The van der Waals surface area contributed by atoms with Crippen LogP contribution in [0.25, 0.3) is 0 Å². The van der Waals surface area contributed by atoms with Crippen LogP contribution in [0.1, 0.15) is 12.0 Å². The minimum Gasteiger partial charge on any atom is -0.496 e. The average Bonchev–Trinajstić information content (AvgIpc) is 2.88. The highest BCUT2D eigenvalue weighted by molar-refractivity contribution is 9.10. The van der Waals surface area contributed by atoms with Crippen molar-refractivity contribution in [2.75, 3.05) is 33.9 Å². The normalized spacial score (nSPS) is 19.7. The summed E-state index contributed by atoms with van der Waals surface area (Å²) in [7, 11) is 3.38. The van der Waals surface area contributed by atoms with Gasteiger partial charge in [-0.15, -0.1) is 0 Å². The number of hydrogen-bond acceptors (Lipinski definition) is 4. The zero-order chi connectivity index (χ0) is 13.8. The molecule has 0 radical (unpaired) electrons. The third-order valence-electron chi connectivity index (χ3n) is 3.65. The van der Waals surface area contributed by atoms with Crippen LogP contribution >= 0.6 is 15.9 Å². The molecule has 1 aromatic rings. The Morgan fingerprint density at radius 3 is 2.63 bits per heavy atom. The molecule has 2 N–H and O–H groups in total. The topological polar surface area (TPSA) is 47.7 Å². The number of nitrogens with two attached hydrogens (primary N) is 1. The van der Waals surface area contributed by atoms with E-state index >= 15 is 0 Å². The molecule has 1 heterocycles. The molecule has 0 saturated carbocycles. The summed E-state index contributed by atoms with van der Waals surface area (Å²) in [6, 6.07) is 4.00. The molecule has 1 aromatic carbocycles. The van der Waals surface area contributed by atoms with Gasteiger partial charge in [0.25, 0.3) is 0 Å². The maximum absolute atomic E-state index is 5.73. The Kier molecular flexibility index (Phi) is 5.07. The maximum atomic E-state index is 5.73. The first-order valence-electron chi connectivity index (χ1n) is 6.50. The molecule has 1 unspecified atom stereocenters. The Bertz CT molecular complexity index is 440. The maximum Gasteiger partial charge on any atom is 0.133 e. The lowest BCUT2D eigenvalue weighted by atomic mass is 10.1. The zero-order valence-corrected chi connectivity index (χ0v) is 13.1. The second-order valence-electron chi connectivity index (χ2n) is 4.92. The molecule has 2 rings (SSSR count). The van der Waals surface area contributed by atoms with E-state index in [1.807, 2.05) is 12.1 Å². The number of hydrogen-bond donors (Lipinski definition) is 1. The smallest absolute Gasteiger partial charge is 0.133 e. The Morgan fingerprint density at radius 2 is 2.05 bits per heavy atom. The van der Waals surface area contributed by atoms with Crippen molar-refractivity contribution in [3.63, 3.8) is 0 Å². The summed E-state index contributed by atoms with van der Waals surface area (Å²) in [5.41, 5.74) is 6.89. The fourth-order valence-electron chi connectivity index (χ4n) is 2.54. The Labute approximate surface area is 123 Å². The standard InChI is InChI=1S/C14H21BrN2O2/c1-18-13-6-12(15)14(19-2)5-11(13)9-17-4-3-10(7-16)8-17/h5-6,10H,3-4,7-9,16H2,1-2H3. The summed E-state index contributed by atoms with van der Waals surface area (Å²) in [6.07, 6.45) is 1.19. The summed E-state index contributed by atoms with van der Waals surface area (Å²) in [6.45, 7) is 3.82. The van der Waals surface area contributed by atoms with Gasteiger partial charge in [-0.05, 0) is 53.5 Å². The van der Waals surface area contributed by atoms with Crippen molar-refractivity contribution >= 4 is 15.9 Å². The van der Waals surface area contributed by atoms with Crippen molar-refractivity contribution in [2.24, 2.45) is 11.7 Å². The van der Waals surface area contributed by atoms with Gasteiger partial charge in [-0.1, -0.05) is 0 Å². The van der Waals surface area contributed by atoms with E-state index < -0.39 is 0 Å². The van der Waals surface area contributed by atoms with Crippen LogP contribution in [0.5, 0.6) is 11.5 Å². The van der Waals surface area contributed by atoms with Crippen LogP contribution in [0, 0.1) is 5.92 Å². The summed E-state index contributed by atoms with van der Waals surface area (Å²) in [4.78, 5) is 2.42. The van der Waals surface area contributed by atoms with Crippen molar-refractivity contribution in [3.05, 3.63) is 22.2 Å². The van der Waals surface area contributed by atoms with Crippen molar-refractivity contribution in [3.8, 4) is 11.5 Å². The first-order chi connectivity index (χ1) is 9.17. The van der Waals surface area contributed by atoms with E-state index in [0.717, 1.165) is 47.7 Å². The minimum atomic E-state index is 0.628. The summed E-state index contributed by atoms with van der Waals surface area (Å²) < 4.78 is 11.7. The molecule has 1 fully saturated rings. The highest BCUT2D eigenvalue weighted by atomic mass is 79.9. The van der Waals surface area contributed by atoms with Gasteiger partial charge in [0.2, 0.25) is 0 Å². The van der Waals surface area contributed by atoms with E-state index in [2.05, 4.69) is 20.8 Å². The Balaban J connectivity index is 2.14. The van der Waals surface area contributed by atoms with Gasteiger partial charge in [0.1, 0.15) is 11.5 Å².